The summed E-state index contributed by atoms with van der Waals surface area (Å²) in [5.74, 6) is 0.316. The van der Waals surface area contributed by atoms with Gasteiger partial charge in [0.15, 0.2) is 11.7 Å². The Kier molecular flexibility index (Phi) is 3.21. The Balaban J connectivity index is 1.92. The number of rotatable bonds is 3. The van der Waals surface area contributed by atoms with E-state index < -0.39 is 6.04 Å². The Morgan fingerprint density at radius 2 is 1.60 bits per heavy atom. The summed E-state index contributed by atoms with van der Waals surface area (Å²) in [6.07, 6.45) is 0. The van der Waals surface area contributed by atoms with Crippen molar-refractivity contribution in [3.63, 3.8) is 0 Å². The minimum absolute atomic E-state index is 0.00338. The lowest BCUT2D eigenvalue weighted by molar-refractivity contribution is 0.0945. The third-order valence-electron chi connectivity index (χ3n) is 3.38. The van der Waals surface area contributed by atoms with Gasteiger partial charge in [-0.2, -0.15) is 0 Å². The van der Waals surface area contributed by atoms with E-state index in [9.17, 15) is 4.79 Å². The van der Waals surface area contributed by atoms with Crippen molar-refractivity contribution in [2.24, 2.45) is 10.7 Å². The topological polar surface area (TPSA) is 67.5 Å². The molecule has 2 aromatic rings. The lowest BCUT2D eigenvalue weighted by atomic mass is 9.94. The van der Waals surface area contributed by atoms with Crippen molar-refractivity contribution in [2.45, 2.75) is 12.1 Å². The van der Waals surface area contributed by atoms with Gasteiger partial charge < -0.3 is 11.1 Å². The Morgan fingerprint density at radius 3 is 2.25 bits per heavy atom. The number of ketones is 1. The highest BCUT2D eigenvalue weighted by molar-refractivity contribution is 6.04. The van der Waals surface area contributed by atoms with Crippen LogP contribution in [0.15, 0.2) is 65.7 Å². The molecule has 1 aliphatic heterocycles. The van der Waals surface area contributed by atoms with Gasteiger partial charge in [-0.25, -0.2) is 4.99 Å². The molecule has 3 rings (SSSR count). The molecule has 0 aromatic heterocycles. The summed E-state index contributed by atoms with van der Waals surface area (Å²) in [5, 5.41) is 2.98. The molecule has 3 N–H and O–H groups in total. The van der Waals surface area contributed by atoms with E-state index in [-0.39, 0.29) is 11.8 Å². The first-order chi connectivity index (χ1) is 9.75. The van der Waals surface area contributed by atoms with Gasteiger partial charge in [-0.15, -0.1) is 0 Å². The fourth-order valence-corrected chi connectivity index (χ4v) is 2.41. The first-order valence-electron chi connectivity index (χ1n) is 6.50. The maximum Gasteiger partial charge on any atom is 0.189 e. The summed E-state index contributed by atoms with van der Waals surface area (Å²) in [4.78, 5) is 16.9. The van der Waals surface area contributed by atoms with E-state index in [1.807, 2.05) is 48.5 Å². The van der Waals surface area contributed by atoms with E-state index >= 15 is 0 Å². The van der Waals surface area contributed by atoms with Crippen LogP contribution in [0.1, 0.15) is 22.0 Å². The summed E-state index contributed by atoms with van der Waals surface area (Å²) in [7, 11) is 0. The Morgan fingerprint density at radius 1 is 1.00 bits per heavy atom. The van der Waals surface area contributed by atoms with Crippen molar-refractivity contribution >= 4 is 11.7 Å². The van der Waals surface area contributed by atoms with Crippen LogP contribution in [-0.2, 0) is 0 Å². The largest absolute Gasteiger partial charge is 0.370 e. The van der Waals surface area contributed by atoms with Gasteiger partial charge in [-0.1, -0.05) is 60.7 Å². The number of hydrogen-bond acceptors (Lipinski definition) is 4. The minimum Gasteiger partial charge on any atom is -0.370 e. The van der Waals surface area contributed by atoms with E-state index in [2.05, 4.69) is 10.3 Å². The van der Waals surface area contributed by atoms with E-state index in [4.69, 9.17) is 5.73 Å². The number of guanidine groups is 1. The van der Waals surface area contributed by atoms with Gasteiger partial charge in [0.25, 0.3) is 0 Å². The van der Waals surface area contributed by atoms with Crippen molar-refractivity contribution in [2.75, 3.05) is 0 Å². The summed E-state index contributed by atoms with van der Waals surface area (Å²) < 4.78 is 0. The molecule has 100 valence electrons. The smallest absolute Gasteiger partial charge is 0.189 e. The fraction of sp³-hybridized carbons (Fsp3) is 0.125. The monoisotopic (exact) mass is 265 g/mol. The van der Waals surface area contributed by atoms with Gasteiger partial charge in [0.2, 0.25) is 0 Å². The van der Waals surface area contributed by atoms with Crippen LogP contribution in [0.25, 0.3) is 0 Å². The van der Waals surface area contributed by atoms with Crippen LogP contribution in [0.3, 0.4) is 0 Å². The summed E-state index contributed by atoms with van der Waals surface area (Å²) in [5.41, 5.74) is 7.40. The number of nitrogens with one attached hydrogen (secondary N) is 1. The maximum absolute atomic E-state index is 12.6. The highest BCUT2D eigenvalue weighted by atomic mass is 16.1. The highest BCUT2D eigenvalue weighted by Gasteiger charge is 2.34. The second-order valence-electron chi connectivity index (χ2n) is 4.72. The SMILES string of the molecule is NC1=N[C@@H](c2ccccc2)[C@@H](C(=O)c2ccccc2)N1. The zero-order valence-electron chi connectivity index (χ0n) is 10.9. The lowest BCUT2D eigenvalue weighted by Gasteiger charge is -2.17. The first-order valence-corrected chi connectivity index (χ1v) is 6.50. The number of carbonyl (C=O) groups is 1. The molecule has 0 aliphatic carbocycles. The number of aliphatic imine (C=N–C) groups is 1. The number of nitrogens with zero attached hydrogens (tertiary/aromatic N) is 1. The van der Waals surface area contributed by atoms with E-state index in [1.165, 1.54) is 0 Å². The van der Waals surface area contributed by atoms with Crippen molar-refractivity contribution in [1.82, 2.24) is 5.32 Å². The average Bonchev–Trinajstić information content (AvgIpc) is 2.90. The van der Waals surface area contributed by atoms with E-state index in [0.29, 0.717) is 11.5 Å². The Labute approximate surface area is 117 Å². The molecule has 0 spiro atoms. The van der Waals surface area contributed by atoms with Crippen LogP contribution >= 0.6 is 0 Å². The van der Waals surface area contributed by atoms with Crippen molar-refractivity contribution in [3.05, 3.63) is 71.8 Å². The standard InChI is InChI=1S/C16H15N3O/c17-16-18-13(11-7-3-1-4-8-11)14(19-16)15(20)12-9-5-2-6-10-12/h1-10,13-14H,(H3,17,18,19)/t13-,14-/m0/s1. The van der Waals surface area contributed by atoms with Gasteiger partial charge in [0.1, 0.15) is 12.1 Å². The van der Waals surface area contributed by atoms with Crippen LogP contribution in [0.2, 0.25) is 0 Å². The molecule has 2 atom stereocenters. The average molecular weight is 265 g/mol. The quantitative estimate of drug-likeness (QED) is 0.833. The normalized spacial score (nSPS) is 21.1. The summed E-state index contributed by atoms with van der Waals surface area (Å²) in [6, 6.07) is 18.2. The molecule has 0 radical (unpaired) electrons. The molecule has 0 bridgehead atoms. The van der Waals surface area contributed by atoms with Gasteiger partial charge in [0, 0.05) is 5.56 Å². The van der Waals surface area contributed by atoms with Crippen LogP contribution in [0.4, 0.5) is 0 Å². The van der Waals surface area contributed by atoms with E-state index in [1.54, 1.807) is 12.1 Å². The van der Waals surface area contributed by atoms with Gasteiger partial charge in [-0.05, 0) is 5.56 Å². The second kappa shape index (κ2) is 5.17. The van der Waals surface area contributed by atoms with Crippen molar-refractivity contribution in [1.29, 1.82) is 0 Å². The second-order valence-corrected chi connectivity index (χ2v) is 4.72. The van der Waals surface area contributed by atoms with Crippen LogP contribution in [0, 0.1) is 0 Å². The molecule has 0 saturated carbocycles. The van der Waals surface area contributed by atoms with Crippen molar-refractivity contribution in [3.8, 4) is 0 Å². The zero-order valence-corrected chi connectivity index (χ0v) is 10.9. The van der Waals surface area contributed by atoms with E-state index in [0.717, 1.165) is 5.56 Å². The lowest BCUT2D eigenvalue weighted by Crippen LogP contribution is -2.41. The van der Waals surface area contributed by atoms with Crippen LogP contribution in [-0.4, -0.2) is 17.8 Å². The number of Topliss-reactive ketones (excluding diaryl/α,β-unsaturated/α-hetero) is 1. The number of hydrogen-bond donors (Lipinski definition) is 2. The van der Waals surface area contributed by atoms with Crippen LogP contribution in [0.5, 0.6) is 0 Å². The molecular weight excluding hydrogens is 250 g/mol. The number of benzene rings is 2. The highest BCUT2D eigenvalue weighted by Crippen LogP contribution is 2.26. The molecule has 4 nitrogen and oxygen atoms in total. The van der Waals surface area contributed by atoms with Gasteiger partial charge in [0.05, 0.1) is 0 Å². The molecule has 1 heterocycles. The summed E-state index contributed by atoms with van der Waals surface area (Å²) in [6.45, 7) is 0. The molecule has 2 aromatic carbocycles. The van der Waals surface area contributed by atoms with Crippen LogP contribution < -0.4 is 11.1 Å². The van der Waals surface area contributed by atoms with Crippen molar-refractivity contribution < 1.29 is 4.79 Å². The predicted octanol–water partition coefficient (Wildman–Crippen LogP) is 1.90. The Hall–Kier alpha value is -2.62. The molecule has 1 aliphatic rings. The molecule has 0 amide bonds. The zero-order chi connectivity index (χ0) is 13.9. The minimum atomic E-state index is -0.445. The predicted molar refractivity (Wildman–Crippen MR) is 78.5 cm³/mol. The molecular formula is C16H15N3O. The Bertz CT molecular complexity index is 637. The number of carbonyl (C=O) groups excluding carboxylic acids is 1. The molecule has 20 heavy (non-hydrogen) atoms. The van der Waals surface area contributed by atoms with Gasteiger partial charge in [-0.3, -0.25) is 4.79 Å². The third kappa shape index (κ3) is 2.28. The third-order valence-corrected chi connectivity index (χ3v) is 3.38. The summed E-state index contributed by atoms with van der Waals surface area (Å²) >= 11 is 0. The first kappa shape index (κ1) is 12.4. The van der Waals surface area contributed by atoms with Gasteiger partial charge >= 0.3 is 0 Å². The fourth-order valence-electron chi connectivity index (χ4n) is 2.41. The molecule has 4 heteroatoms. The maximum atomic E-state index is 12.6. The molecule has 0 saturated heterocycles. The number of nitrogens with two attached hydrogens (primary N) is 1. The molecule has 0 unspecified atom stereocenters. The molecule has 0 fully saturated rings.